The van der Waals surface area contributed by atoms with Crippen LogP contribution in [0.2, 0.25) is 0 Å². The molecule has 4 saturated carbocycles. The van der Waals surface area contributed by atoms with Gasteiger partial charge in [-0.2, -0.15) is 0 Å². The lowest BCUT2D eigenvalue weighted by Crippen LogP contribution is -2.16. The molecule has 0 aliphatic heterocycles. The third-order valence-electron chi connectivity index (χ3n) is 10.8. The lowest BCUT2D eigenvalue weighted by molar-refractivity contribution is 0.235. The molecule has 0 unspecified atom stereocenters. The molecule has 0 atom stereocenters. The maximum atomic E-state index is 2.34. The van der Waals surface area contributed by atoms with E-state index in [4.69, 9.17) is 0 Å². The summed E-state index contributed by atoms with van der Waals surface area (Å²) in [6.07, 6.45) is 20.6. The van der Waals surface area contributed by atoms with Crippen molar-refractivity contribution in [3.8, 4) is 0 Å². The van der Waals surface area contributed by atoms with E-state index < -0.39 is 0 Å². The van der Waals surface area contributed by atoms with Gasteiger partial charge in [-0.25, -0.2) is 0 Å². The third-order valence-corrected chi connectivity index (χ3v) is 10.8. The van der Waals surface area contributed by atoms with Crippen LogP contribution in [0.25, 0.3) is 0 Å². The average Bonchev–Trinajstić information content (AvgIpc) is 3.81. The molecule has 300 valence electrons. The van der Waals surface area contributed by atoms with Crippen molar-refractivity contribution < 1.29 is 0 Å². The summed E-state index contributed by atoms with van der Waals surface area (Å²) in [5.41, 5.74) is 0.522. The van der Waals surface area contributed by atoms with Crippen LogP contribution in [0, 0.1) is 82.3 Å². The summed E-state index contributed by atoms with van der Waals surface area (Å²) in [4.78, 5) is 0. The van der Waals surface area contributed by atoms with Crippen molar-refractivity contribution in [2.45, 2.75) is 235 Å². The van der Waals surface area contributed by atoms with E-state index in [-0.39, 0.29) is 0 Å². The minimum Gasteiger partial charge on any atom is -0.0628 e. The molecule has 4 aliphatic carbocycles. The van der Waals surface area contributed by atoms with E-state index in [0.29, 0.717) is 5.41 Å². The minimum atomic E-state index is 0.522. The highest BCUT2D eigenvalue weighted by atomic mass is 14.3. The zero-order chi connectivity index (χ0) is 38.9. The quantitative estimate of drug-likeness (QED) is 0.226. The van der Waals surface area contributed by atoms with E-state index >= 15 is 0 Å². The van der Waals surface area contributed by atoms with Gasteiger partial charge in [0.15, 0.2) is 0 Å². The molecule has 0 aromatic carbocycles. The Morgan fingerprint density at radius 1 is 0.388 bits per heavy atom. The molecule has 0 N–H and O–H groups in total. The predicted octanol–water partition coefficient (Wildman–Crippen LogP) is 17.8. The van der Waals surface area contributed by atoms with Crippen LogP contribution in [-0.2, 0) is 0 Å². The highest BCUT2D eigenvalue weighted by Crippen LogP contribution is 2.36. The summed E-state index contributed by atoms with van der Waals surface area (Å²) in [6.45, 7) is 48.0. The van der Waals surface area contributed by atoms with Gasteiger partial charge in [0, 0.05) is 0 Å². The van der Waals surface area contributed by atoms with Crippen LogP contribution in [0.5, 0.6) is 0 Å². The highest BCUT2D eigenvalue weighted by Gasteiger charge is 2.24. The van der Waals surface area contributed by atoms with Crippen molar-refractivity contribution in [2.24, 2.45) is 82.3 Å². The van der Waals surface area contributed by atoms with Crippen LogP contribution in [0.15, 0.2) is 0 Å². The van der Waals surface area contributed by atoms with Gasteiger partial charge in [0.25, 0.3) is 0 Å². The molecular formula is C49H104. The van der Waals surface area contributed by atoms with Gasteiger partial charge in [-0.05, 0) is 114 Å². The predicted molar refractivity (Wildman–Crippen MR) is 232 cm³/mol. The van der Waals surface area contributed by atoms with Gasteiger partial charge < -0.3 is 0 Å². The Balaban J connectivity index is -0.000000505. The first-order valence-corrected chi connectivity index (χ1v) is 22.4. The first-order valence-electron chi connectivity index (χ1n) is 22.4. The molecule has 0 heterocycles. The first kappa shape index (κ1) is 53.4. The number of hydrogen-bond acceptors (Lipinski definition) is 0. The highest BCUT2D eigenvalue weighted by molar-refractivity contribution is 4.75. The molecule has 4 fully saturated rings. The molecule has 0 heteroatoms. The summed E-state index contributed by atoms with van der Waals surface area (Å²) in [6, 6.07) is 0. The molecule has 49 heavy (non-hydrogen) atoms. The van der Waals surface area contributed by atoms with Crippen LogP contribution in [0.1, 0.15) is 235 Å². The van der Waals surface area contributed by atoms with Crippen molar-refractivity contribution in [1.82, 2.24) is 0 Å². The van der Waals surface area contributed by atoms with Crippen molar-refractivity contribution >= 4 is 0 Å². The molecule has 4 aliphatic rings. The Hall–Kier alpha value is 0. The Bertz CT molecular complexity index is 618. The summed E-state index contributed by atoms with van der Waals surface area (Å²) < 4.78 is 0. The maximum Gasteiger partial charge on any atom is -0.0380 e. The summed E-state index contributed by atoms with van der Waals surface area (Å²) in [7, 11) is 0. The maximum absolute atomic E-state index is 2.34. The third kappa shape index (κ3) is 44.1. The molecule has 4 rings (SSSR count). The number of rotatable bonds is 9. The summed E-state index contributed by atoms with van der Waals surface area (Å²) in [5.74, 6) is 12.5. The first-order chi connectivity index (χ1) is 22.4. The Kier molecular flexibility index (Phi) is 33.2. The molecule has 0 bridgehead atoms. The smallest absolute Gasteiger partial charge is 0.0380 e. The van der Waals surface area contributed by atoms with Crippen molar-refractivity contribution in [3.05, 3.63) is 0 Å². The van der Waals surface area contributed by atoms with E-state index in [0.717, 1.165) is 76.9 Å². The standard InChI is InChI=1S/C8H16.C8H18.2C7H14.C7H16.C6H12.C6H14/c1-7(2)8-5-3-4-6-8;1-7(2)6-8(3,4)5;1-6(2)5-7-3-4-7;1-6(2)7-4-3-5-7;1-6(2)5-7(3)4;1-5(2)6-3-4-6;1-5(2)6(3)4/h7-8H,3-6H2,1-2H3;7H,6H2,1-5H3;2*6-7H,3-5H2,1-2H3;6-7H,5H2,1-4H3;5-6H,3-4H2,1-2H3;5-6H,1-4H3. The summed E-state index contributed by atoms with van der Waals surface area (Å²) >= 11 is 0. The van der Waals surface area contributed by atoms with Crippen LogP contribution in [0.4, 0.5) is 0 Å². The molecule has 0 nitrogen and oxygen atoms in total. The second-order valence-corrected chi connectivity index (χ2v) is 21.5. The monoisotopic (exact) mass is 693 g/mol. The molecular weight excluding hydrogens is 589 g/mol. The Labute approximate surface area is 316 Å². The van der Waals surface area contributed by atoms with E-state index in [2.05, 4.69) is 145 Å². The van der Waals surface area contributed by atoms with Gasteiger partial charge >= 0.3 is 0 Å². The second-order valence-electron chi connectivity index (χ2n) is 21.5. The average molecular weight is 693 g/mol. The van der Waals surface area contributed by atoms with Crippen molar-refractivity contribution in [2.75, 3.05) is 0 Å². The minimum absolute atomic E-state index is 0.522. The Morgan fingerprint density at radius 2 is 0.714 bits per heavy atom. The molecule has 0 amide bonds. The van der Waals surface area contributed by atoms with Crippen LogP contribution in [0.3, 0.4) is 0 Å². The zero-order valence-corrected chi connectivity index (χ0v) is 38.9. The summed E-state index contributed by atoms with van der Waals surface area (Å²) in [5, 5.41) is 0. The Morgan fingerprint density at radius 3 is 0.776 bits per heavy atom. The largest absolute Gasteiger partial charge is 0.0628 e. The second kappa shape index (κ2) is 30.5. The van der Waals surface area contributed by atoms with E-state index in [1.54, 1.807) is 0 Å². The fourth-order valence-corrected chi connectivity index (χ4v) is 6.68. The van der Waals surface area contributed by atoms with Gasteiger partial charge in [-0.3, -0.25) is 0 Å². The topological polar surface area (TPSA) is 0 Å². The van der Waals surface area contributed by atoms with Gasteiger partial charge in [0.1, 0.15) is 0 Å². The van der Waals surface area contributed by atoms with E-state index in [1.807, 2.05) is 0 Å². The van der Waals surface area contributed by atoms with Gasteiger partial charge in [0.05, 0.1) is 0 Å². The van der Waals surface area contributed by atoms with E-state index in [9.17, 15) is 0 Å². The molecule has 0 aromatic rings. The lowest BCUT2D eigenvalue weighted by Gasteiger charge is -2.28. The van der Waals surface area contributed by atoms with Crippen LogP contribution < -0.4 is 0 Å². The molecule has 0 radical (unpaired) electrons. The molecule has 0 aromatic heterocycles. The van der Waals surface area contributed by atoms with Gasteiger partial charge in [-0.15, -0.1) is 0 Å². The molecule has 0 spiro atoms. The van der Waals surface area contributed by atoms with E-state index in [1.165, 1.54) is 89.9 Å². The normalized spacial score (nSPS) is 17.8. The molecule has 0 saturated heterocycles. The number of hydrogen-bond donors (Lipinski definition) is 0. The fourth-order valence-electron chi connectivity index (χ4n) is 6.68. The van der Waals surface area contributed by atoms with Crippen LogP contribution >= 0.6 is 0 Å². The van der Waals surface area contributed by atoms with Crippen molar-refractivity contribution in [3.63, 3.8) is 0 Å². The fraction of sp³-hybridized carbons (Fsp3) is 1.00. The van der Waals surface area contributed by atoms with Crippen LogP contribution in [-0.4, -0.2) is 0 Å². The van der Waals surface area contributed by atoms with Gasteiger partial charge in [-0.1, -0.05) is 203 Å². The SMILES string of the molecule is CC(C)C(C)C.CC(C)C1CC1.CC(C)C1CCC1.CC(C)C1CCCC1.CC(C)CC(C)(C)C.CC(C)CC(C)C.CC(C)CC1CC1. The van der Waals surface area contributed by atoms with Crippen molar-refractivity contribution in [1.29, 1.82) is 0 Å². The lowest BCUT2D eigenvalue weighted by atomic mass is 9.78. The van der Waals surface area contributed by atoms with Gasteiger partial charge in [0.2, 0.25) is 0 Å². The zero-order valence-electron chi connectivity index (χ0n) is 38.9.